The highest BCUT2D eigenvalue weighted by Gasteiger charge is 2.70. The van der Waals surface area contributed by atoms with Gasteiger partial charge in [-0.1, -0.05) is 24.9 Å². The van der Waals surface area contributed by atoms with Crippen LogP contribution in [0.4, 0.5) is 5.69 Å². The van der Waals surface area contributed by atoms with Gasteiger partial charge in [-0.15, -0.1) is 0 Å². The Morgan fingerprint density at radius 1 is 1.30 bits per heavy atom. The maximum Gasteiger partial charge on any atom is 0.250 e. The predicted molar refractivity (Wildman–Crippen MR) is 99.0 cm³/mol. The molecule has 4 rings (SSSR count). The third-order valence-corrected chi connectivity index (χ3v) is 6.19. The van der Waals surface area contributed by atoms with E-state index in [1.807, 2.05) is 6.92 Å². The molecular formula is C19H22ClN3O4. The number of halogens is 1. The molecule has 7 nitrogen and oxygen atoms in total. The maximum atomic E-state index is 13.2. The second-order valence-corrected chi connectivity index (χ2v) is 7.98. The van der Waals surface area contributed by atoms with E-state index in [-0.39, 0.29) is 11.8 Å². The van der Waals surface area contributed by atoms with Crippen LogP contribution in [0.1, 0.15) is 32.3 Å². The molecule has 3 N–H and O–H groups in total. The minimum Gasteiger partial charge on any atom is -0.392 e. The summed E-state index contributed by atoms with van der Waals surface area (Å²) in [4.78, 5) is 40.6. The van der Waals surface area contributed by atoms with E-state index in [4.69, 9.17) is 11.6 Å². The van der Waals surface area contributed by atoms with Crippen molar-refractivity contribution in [3.05, 3.63) is 28.8 Å². The van der Waals surface area contributed by atoms with Gasteiger partial charge in [-0.3, -0.25) is 24.6 Å². The summed E-state index contributed by atoms with van der Waals surface area (Å²) in [5, 5.41) is 16.7. The number of nitrogens with one attached hydrogen (secondary N) is 2. The van der Waals surface area contributed by atoms with Gasteiger partial charge in [0.2, 0.25) is 17.7 Å². The van der Waals surface area contributed by atoms with E-state index >= 15 is 0 Å². The number of carbonyl (C=O) groups excluding carboxylic acids is 3. The molecule has 1 aromatic carbocycles. The number of amides is 3. The van der Waals surface area contributed by atoms with Crippen LogP contribution >= 0.6 is 11.6 Å². The smallest absolute Gasteiger partial charge is 0.250 e. The molecule has 0 radical (unpaired) electrons. The van der Waals surface area contributed by atoms with Gasteiger partial charge in [0.05, 0.1) is 17.9 Å². The summed E-state index contributed by atoms with van der Waals surface area (Å²) in [5.74, 6) is -2.77. The van der Waals surface area contributed by atoms with E-state index in [1.54, 1.807) is 25.1 Å². The van der Waals surface area contributed by atoms with Gasteiger partial charge in [0.15, 0.2) is 0 Å². The lowest BCUT2D eigenvalue weighted by atomic mass is 9.76. The average Bonchev–Trinajstić information content (AvgIpc) is 3.20. The first kappa shape index (κ1) is 18.4. The Morgan fingerprint density at radius 3 is 2.70 bits per heavy atom. The van der Waals surface area contributed by atoms with E-state index in [9.17, 15) is 19.5 Å². The largest absolute Gasteiger partial charge is 0.392 e. The lowest BCUT2D eigenvalue weighted by Gasteiger charge is -2.30. The molecule has 5 atom stereocenters. The topological polar surface area (TPSA) is 98.7 Å². The highest BCUT2D eigenvalue weighted by molar-refractivity contribution is 6.31. The van der Waals surface area contributed by atoms with Crippen LogP contribution in [0.2, 0.25) is 5.02 Å². The fourth-order valence-corrected chi connectivity index (χ4v) is 4.89. The van der Waals surface area contributed by atoms with Crippen molar-refractivity contribution in [1.82, 2.24) is 10.2 Å². The van der Waals surface area contributed by atoms with Gasteiger partial charge >= 0.3 is 0 Å². The normalized spacial score (nSPS) is 32.8. The van der Waals surface area contributed by atoms with Gasteiger partial charge < -0.3 is 10.4 Å². The predicted octanol–water partition coefficient (Wildman–Crippen LogP) is 1.24. The minimum atomic E-state index is -1.40. The highest BCUT2D eigenvalue weighted by Crippen LogP contribution is 2.53. The molecule has 1 aromatic rings. The van der Waals surface area contributed by atoms with Gasteiger partial charge in [-0.25, -0.2) is 0 Å². The first-order chi connectivity index (χ1) is 12.8. The Labute approximate surface area is 162 Å². The van der Waals surface area contributed by atoms with Crippen LogP contribution in [-0.2, 0) is 19.9 Å². The molecule has 0 unspecified atom stereocenters. The Hall–Kier alpha value is -1.96. The Bertz CT molecular complexity index is 842. The van der Waals surface area contributed by atoms with Gasteiger partial charge in [0.1, 0.15) is 5.54 Å². The van der Waals surface area contributed by atoms with E-state index < -0.39 is 35.4 Å². The monoisotopic (exact) mass is 391 g/mol. The number of carbonyl (C=O) groups is 3. The molecule has 3 heterocycles. The van der Waals surface area contributed by atoms with Crippen molar-refractivity contribution < 1.29 is 19.5 Å². The summed E-state index contributed by atoms with van der Waals surface area (Å²) < 4.78 is 0. The second kappa shape index (κ2) is 6.29. The molecule has 2 saturated heterocycles. The summed E-state index contributed by atoms with van der Waals surface area (Å²) in [6.07, 6.45) is 0.635. The minimum absolute atomic E-state index is 0.322. The molecule has 3 aliphatic rings. The first-order valence-electron chi connectivity index (χ1n) is 9.25. The number of hydrogen-bond acceptors (Lipinski definition) is 5. The number of aliphatic hydroxyl groups is 1. The molecule has 3 amide bonds. The fourth-order valence-electron chi connectivity index (χ4n) is 4.71. The number of rotatable bonds is 4. The molecule has 0 bridgehead atoms. The standard InChI is InChI=1S/C19H22ClN3O4/c1-3-4-7-23-16(25)13-14(17(23)26)19(22-15(13)9(2)24)11-8-10(20)5-6-12(11)21-18(19)27/h5-6,8-9,13-15,22,24H,3-4,7H2,1-2H3,(H,21,27)/t9-,13-,14-,15+,19+/m0/s1. The quantitative estimate of drug-likeness (QED) is 0.671. The molecule has 144 valence electrons. The summed E-state index contributed by atoms with van der Waals surface area (Å²) in [6, 6.07) is 4.30. The third-order valence-electron chi connectivity index (χ3n) is 5.96. The van der Waals surface area contributed by atoms with E-state index in [1.165, 1.54) is 4.90 Å². The number of unbranched alkanes of at least 4 members (excludes halogenated alkanes) is 1. The van der Waals surface area contributed by atoms with Crippen molar-refractivity contribution in [2.75, 3.05) is 11.9 Å². The maximum absolute atomic E-state index is 13.2. The number of anilines is 1. The first-order valence-corrected chi connectivity index (χ1v) is 9.63. The molecule has 2 fully saturated rings. The van der Waals surface area contributed by atoms with Gasteiger partial charge in [0.25, 0.3) is 0 Å². The Morgan fingerprint density at radius 2 is 2.04 bits per heavy atom. The number of imide groups is 1. The zero-order valence-corrected chi connectivity index (χ0v) is 15.9. The number of hydrogen-bond donors (Lipinski definition) is 3. The summed E-state index contributed by atoms with van der Waals surface area (Å²) >= 11 is 6.16. The molecule has 3 aliphatic heterocycles. The Balaban J connectivity index is 1.86. The van der Waals surface area contributed by atoms with Gasteiger partial charge in [-0.2, -0.15) is 0 Å². The highest BCUT2D eigenvalue weighted by atomic mass is 35.5. The second-order valence-electron chi connectivity index (χ2n) is 7.55. The van der Waals surface area contributed by atoms with Gasteiger partial charge in [-0.05, 0) is 31.5 Å². The molecule has 27 heavy (non-hydrogen) atoms. The van der Waals surface area contributed by atoms with Crippen LogP contribution in [0.3, 0.4) is 0 Å². The van der Waals surface area contributed by atoms with Crippen LogP contribution in [0.25, 0.3) is 0 Å². The summed E-state index contributed by atoms with van der Waals surface area (Å²) in [7, 11) is 0. The van der Waals surface area contributed by atoms with Crippen LogP contribution in [0.15, 0.2) is 18.2 Å². The lowest BCUT2D eigenvalue weighted by molar-refractivity contribution is -0.143. The lowest BCUT2D eigenvalue weighted by Crippen LogP contribution is -2.54. The average molecular weight is 392 g/mol. The fraction of sp³-hybridized carbons (Fsp3) is 0.526. The zero-order chi connectivity index (χ0) is 19.5. The molecule has 1 spiro atoms. The van der Waals surface area contributed by atoms with Crippen LogP contribution in [-0.4, -0.2) is 46.4 Å². The van der Waals surface area contributed by atoms with Crippen molar-refractivity contribution in [3.8, 4) is 0 Å². The van der Waals surface area contributed by atoms with Crippen LogP contribution < -0.4 is 10.6 Å². The number of nitrogens with zero attached hydrogens (tertiary/aromatic N) is 1. The van der Waals surface area contributed by atoms with E-state index in [0.29, 0.717) is 29.2 Å². The van der Waals surface area contributed by atoms with Crippen molar-refractivity contribution >= 4 is 35.0 Å². The van der Waals surface area contributed by atoms with Gasteiger partial charge in [0, 0.05) is 28.9 Å². The van der Waals surface area contributed by atoms with Crippen molar-refractivity contribution in [1.29, 1.82) is 0 Å². The molecule has 0 aromatic heterocycles. The third kappa shape index (κ3) is 2.38. The summed E-state index contributed by atoms with van der Waals surface area (Å²) in [5.41, 5.74) is -0.286. The zero-order valence-electron chi connectivity index (χ0n) is 15.2. The van der Waals surface area contributed by atoms with Crippen molar-refractivity contribution in [2.24, 2.45) is 11.8 Å². The van der Waals surface area contributed by atoms with E-state index in [0.717, 1.165) is 6.42 Å². The number of fused-ring (bicyclic) bond motifs is 4. The summed E-state index contributed by atoms with van der Waals surface area (Å²) in [6.45, 7) is 3.87. The SMILES string of the molecule is CCCCN1C(=O)[C@@H]2[C@@H]([C@H](C)O)N[C@@]3(C(=O)Nc4ccc(Cl)cc43)[C@@H]2C1=O. The van der Waals surface area contributed by atoms with Crippen LogP contribution in [0.5, 0.6) is 0 Å². The molecular weight excluding hydrogens is 370 g/mol. The number of aliphatic hydroxyl groups excluding tert-OH is 1. The van der Waals surface area contributed by atoms with E-state index in [2.05, 4.69) is 10.6 Å². The number of benzene rings is 1. The number of likely N-dealkylation sites (tertiary alicyclic amines) is 1. The molecule has 8 heteroatoms. The molecule has 0 saturated carbocycles. The van der Waals surface area contributed by atoms with Crippen LogP contribution in [0, 0.1) is 11.8 Å². The Kier molecular flexibility index (Phi) is 4.29. The molecule has 0 aliphatic carbocycles. The van der Waals surface area contributed by atoms with Crippen molar-refractivity contribution in [3.63, 3.8) is 0 Å². The van der Waals surface area contributed by atoms with Crippen molar-refractivity contribution in [2.45, 2.75) is 44.4 Å².